The highest BCUT2D eigenvalue weighted by Crippen LogP contribution is 2.31. The number of amides is 1. The number of primary amides is 1. The number of rotatable bonds is 7. The molecule has 1 amide bonds. The smallest absolute Gasteiger partial charge is 0.338 e. The lowest BCUT2D eigenvalue weighted by atomic mass is 9.98. The lowest BCUT2D eigenvalue weighted by Crippen LogP contribution is -2.20. The van der Waals surface area contributed by atoms with Crippen molar-refractivity contribution in [1.82, 2.24) is 0 Å². The summed E-state index contributed by atoms with van der Waals surface area (Å²) in [6.45, 7) is 1.86. The molecular formula is C22H25NO6. The highest BCUT2D eigenvalue weighted by Gasteiger charge is 2.20. The third-order valence-electron chi connectivity index (χ3n) is 4.16. The first-order valence-corrected chi connectivity index (χ1v) is 8.50. The highest BCUT2D eigenvalue weighted by molar-refractivity contribution is 6.14. The molecule has 0 atom stereocenters. The quantitative estimate of drug-likeness (QED) is 0.435. The van der Waals surface area contributed by atoms with Gasteiger partial charge in [0, 0.05) is 5.56 Å². The van der Waals surface area contributed by atoms with Crippen LogP contribution in [0.2, 0.25) is 0 Å². The Labute approximate surface area is 169 Å². The zero-order valence-corrected chi connectivity index (χ0v) is 16.8. The molecule has 0 saturated heterocycles. The molecule has 7 heteroatoms. The van der Waals surface area contributed by atoms with Crippen molar-refractivity contribution in [1.29, 1.82) is 0 Å². The first-order valence-electron chi connectivity index (χ1n) is 8.50. The fraction of sp³-hybridized carbons (Fsp3) is 0.182. The van der Waals surface area contributed by atoms with Gasteiger partial charge in [0.05, 0.1) is 32.5 Å². The van der Waals surface area contributed by atoms with Gasteiger partial charge in [-0.3, -0.25) is 4.79 Å². The molecule has 0 aliphatic carbocycles. The van der Waals surface area contributed by atoms with Crippen LogP contribution in [0.5, 0.6) is 11.5 Å². The number of nitrogens with two attached hydrogens (primary N) is 1. The van der Waals surface area contributed by atoms with Gasteiger partial charge in [-0.15, -0.1) is 0 Å². The average molecular weight is 399 g/mol. The molecule has 0 unspecified atom stereocenters. The third-order valence-corrected chi connectivity index (χ3v) is 4.16. The van der Waals surface area contributed by atoms with E-state index in [2.05, 4.69) is 0 Å². The van der Waals surface area contributed by atoms with E-state index in [9.17, 15) is 9.59 Å². The molecule has 154 valence electrons. The highest BCUT2D eigenvalue weighted by atomic mass is 16.5. The van der Waals surface area contributed by atoms with E-state index < -0.39 is 11.9 Å². The summed E-state index contributed by atoms with van der Waals surface area (Å²) in [6, 6.07) is 12.6. The number of carbonyl (C=O) groups is 2. The van der Waals surface area contributed by atoms with E-state index in [-0.39, 0.29) is 16.6 Å². The van der Waals surface area contributed by atoms with E-state index in [0.717, 1.165) is 11.1 Å². The molecule has 7 nitrogen and oxygen atoms in total. The second-order valence-electron chi connectivity index (χ2n) is 5.93. The molecule has 2 rings (SSSR count). The summed E-state index contributed by atoms with van der Waals surface area (Å²) in [5.74, 6) is -0.256. The summed E-state index contributed by atoms with van der Waals surface area (Å²) >= 11 is 0. The van der Waals surface area contributed by atoms with E-state index in [1.54, 1.807) is 44.6 Å². The van der Waals surface area contributed by atoms with E-state index in [0.29, 0.717) is 17.1 Å². The molecule has 2 aromatic rings. The van der Waals surface area contributed by atoms with Crippen LogP contribution in [0.4, 0.5) is 0 Å². The molecule has 0 aliphatic rings. The topological polar surface area (TPSA) is 119 Å². The van der Waals surface area contributed by atoms with Gasteiger partial charge in [-0.25, -0.2) is 4.79 Å². The van der Waals surface area contributed by atoms with Crippen molar-refractivity contribution < 1.29 is 29.3 Å². The van der Waals surface area contributed by atoms with Gasteiger partial charge < -0.3 is 25.4 Å². The van der Waals surface area contributed by atoms with Crippen LogP contribution in [0.3, 0.4) is 0 Å². The molecule has 0 heterocycles. The summed E-state index contributed by atoms with van der Waals surface area (Å²) < 4.78 is 15.6. The Bertz CT molecular complexity index is 907. The van der Waals surface area contributed by atoms with Crippen molar-refractivity contribution in [3.63, 3.8) is 0 Å². The summed E-state index contributed by atoms with van der Waals surface area (Å²) in [5, 5.41) is 0. The number of hydrogen-bond acceptors (Lipinski definition) is 5. The molecule has 0 fully saturated rings. The minimum atomic E-state index is -0.758. The van der Waals surface area contributed by atoms with E-state index >= 15 is 0 Å². The molecule has 0 radical (unpaired) electrons. The Kier molecular flexibility index (Phi) is 8.64. The van der Waals surface area contributed by atoms with E-state index in [1.165, 1.54) is 13.2 Å². The number of esters is 1. The number of hydrogen-bond donors (Lipinski definition) is 1. The van der Waals surface area contributed by atoms with Crippen molar-refractivity contribution in [2.75, 3.05) is 21.3 Å². The molecular weight excluding hydrogens is 374 g/mol. The van der Waals surface area contributed by atoms with Gasteiger partial charge in [0.15, 0.2) is 0 Å². The van der Waals surface area contributed by atoms with Crippen LogP contribution in [-0.4, -0.2) is 38.7 Å². The predicted octanol–water partition coefficient (Wildman–Crippen LogP) is 2.31. The fourth-order valence-corrected chi connectivity index (χ4v) is 2.71. The van der Waals surface area contributed by atoms with Crippen LogP contribution in [0.1, 0.15) is 16.7 Å². The van der Waals surface area contributed by atoms with Crippen molar-refractivity contribution in [3.05, 3.63) is 70.3 Å². The Hall–Kier alpha value is -3.58. The van der Waals surface area contributed by atoms with Crippen LogP contribution in [0.25, 0.3) is 12.2 Å². The third kappa shape index (κ3) is 5.70. The second kappa shape index (κ2) is 10.7. The van der Waals surface area contributed by atoms with Gasteiger partial charge in [-0.2, -0.15) is 0 Å². The van der Waals surface area contributed by atoms with Gasteiger partial charge >= 0.3 is 5.97 Å². The Morgan fingerprint density at radius 2 is 1.38 bits per heavy atom. The predicted molar refractivity (Wildman–Crippen MR) is 112 cm³/mol. The zero-order valence-electron chi connectivity index (χ0n) is 16.8. The monoisotopic (exact) mass is 399 g/mol. The minimum Gasteiger partial charge on any atom is -0.496 e. The van der Waals surface area contributed by atoms with Crippen LogP contribution >= 0.6 is 0 Å². The standard InChI is InChI=1S/C22H23NO5.H2O/c1-14-19(26-2)12-16(13-20(14)27-3)11-17(21(23)24)18(22(25)28-4)10-15-8-6-5-7-9-15;/h5-13H,1-4H3,(H2,23,24);1H2/b17-11+,18-10+;. The van der Waals surface area contributed by atoms with E-state index in [4.69, 9.17) is 19.9 Å². The van der Waals surface area contributed by atoms with Gasteiger partial charge in [-0.05, 0) is 42.3 Å². The number of methoxy groups -OCH3 is 3. The van der Waals surface area contributed by atoms with Crippen molar-refractivity contribution >= 4 is 24.0 Å². The Morgan fingerprint density at radius 3 is 1.83 bits per heavy atom. The molecule has 4 N–H and O–H groups in total. The summed E-state index contributed by atoms with van der Waals surface area (Å²) in [7, 11) is 4.33. The maximum Gasteiger partial charge on any atom is 0.338 e. The SMILES string of the molecule is COC(=O)C(=C/c1ccccc1)/C(=C\c1cc(OC)c(C)c(OC)c1)C(N)=O.O. The van der Waals surface area contributed by atoms with Crippen LogP contribution in [0.15, 0.2) is 53.6 Å². The van der Waals surface area contributed by atoms with Gasteiger partial charge in [-0.1, -0.05) is 30.3 Å². The second-order valence-corrected chi connectivity index (χ2v) is 5.93. The molecule has 0 saturated carbocycles. The largest absolute Gasteiger partial charge is 0.496 e. The average Bonchev–Trinajstić information content (AvgIpc) is 2.71. The number of ether oxygens (including phenoxy) is 3. The Morgan fingerprint density at radius 1 is 0.862 bits per heavy atom. The van der Waals surface area contributed by atoms with Crippen LogP contribution < -0.4 is 15.2 Å². The lowest BCUT2D eigenvalue weighted by molar-refractivity contribution is -0.136. The van der Waals surface area contributed by atoms with Gasteiger partial charge in [0.2, 0.25) is 5.91 Å². The number of carbonyl (C=O) groups excluding carboxylic acids is 2. The summed E-state index contributed by atoms with van der Waals surface area (Å²) in [4.78, 5) is 24.5. The van der Waals surface area contributed by atoms with Crippen LogP contribution in [-0.2, 0) is 14.3 Å². The molecule has 0 aromatic heterocycles. The first-order chi connectivity index (χ1) is 13.4. The Balaban J connectivity index is 0.00000420. The van der Waals surface area contributed by atoms with Crippen molar-refractivity contribution in [3.8, 4) is 11.5 Å². The molecule has 0 spiro atoms. The maximum absolute atomic E-state index is 12.4. The zero-order chi connectivity index (χ0) is 20.7. The summed E-state index contributed by atoms with van der Waals surface area (Å²) in [5.41, 5.74) is 7.80. The maximum atomic E-state index is 12.4. The normalized spacial score (nSPS) is 11.3. The van der Waals surface area contributed by atoms with Crippen molar-refractivity contribution in [2.24, 2.45) is 5.73 Å². The van der Waals surface area contributed by atoms with Crippen molar-refractivity contribution in [2.45, 2.75) is 6.92 Å². The molecule has 29 heavy (non-hydrogen) atoms. The van der Waals surface area contributed by atoms with Crippen LogP contribution in [0, 0.1) is 6.92 Å². The van der Waals surface area contributed by atoms with Gasteiger partial charge in [0.25, 0.3) is 0 Å². The molecule has 2 aromatic carbocycles. The fourth-order valence-electron chi connectivity index (χ4n) is 2.71. The molecule has 0 bridgehead atoms. The first kappa shape index (κ1) is 23.5. The molecule has 0 aliphatic heterocycles. The lowest BCUT2D eigenvalue weighted by Gasteiger charge is -2.12. The summed E-state index contributed by atoms with van der Waals surface area (Å²) in [6.07, 6.45) is 3.07. The van der Waals surface area contributed by atoms with E-state index in [1.807, 2.05) is 25.1 Å². The minimum absolute atomic E-state index is 0. The number of benzene rings is 2. The van der Waals surface area contributed by atoms with Gasteiger partial charge in [0.1, 0.15) is 11.5 Å².